The first-order valence-corrected chi connectivity index (χ1v) is 8.81. The summed E-state index contributed by atoms with van der Waals surface area (Å²) in [6.45, 7) is 0. The van der Waals surface area contributed by atoms with Crippen LogP contribution in [0.3, 0.4) is 0 Å². The molecule has 0 aliphatic heterocycles. The number of rotatable bonds is 7. The van der Waals surface area contributed by atoms with E-state index in [4.69, 9.17) is 4.84 Å². The number of amides is 1. The van der Waals surface area contributed by atoms with Gasteiger partial charge in [0.25, 0.3) is 11.6 Å². The summed E-state index contributed by atoms with van der Waals surface area (Å²) in [5.41, 5.74) is 4.15. The van der Waals surface area contributed by atoms with Gasteiger partial charge in [0.15, 0.2) is 0 Å². The van der Waals surface area contributed by atoms with Crippen molar-refractivity contribution in [2.75, 3.05) is 5.48 Å². The number of nitro groups is 1. The van der Waals surface area contributed by atoms with Crippen molar-refractivity contribution >= 4 is 28.9 Å². The third-order valence-electron chi connectivity index (χ3n) is 3.90. The summed E-state index contributed by atoms with van der Waals surface area (Å²) < 4.78 is 0. The molecule has 150 valence electrons. The van der Waals surface area contributed by atoms with Crippen LogP contribution >= 0.6 is 0 Å². The first-order chi connectivity index (χ1) is 14.5. The Kier molecular flexibility index (Phi) is 6.57. The van der Waals surface area contributed by atoms with Gasteiger partial charge in [0.2, 0.25) is 0 Å². The molecule has 3 aromatic rings. The maximum atomic E-state index is 12.0. The van der Waals surface area contributed by atoms with Crippen molar-refractivity contribution in [3.8, 4) is 0 Å². The van der Waals surface area contributed by atoms with Gasteiger partial charge in [0.05, 0.1) is 28.3 Å². The molecule has 9 heteroatoms. The molecule has 0 fully saturated rings. The van der Waals surface area contributed by atoms with Crippen molar-refractivity contribution in [2.45, 2.75) is 6.42 Å². The molecule has 0 heterocycles. The van der Waals surface area contributed by atoms with Crippen LogP contribution < -0.4 is 5.48 Å². The standard InChI is InChI=1S/C21H16N4O5/c26-20(13-15-5-2-1-3-6-15)30-24-18-11-9-17(10-12-18)22-23-21(27)16-7-4-8-19(14-16)25(28)29/h1-12,14,24H,13H2. The summed E-state index contributed by atoms with van der Waals surface area (Å²) in [7, 11) is 0. The number of non-ortho nitro benzene ring substituents is 1. The van der Waals surface area contributed by atoms with Gasteiger partial charge in [-0.15, -0.1) is 10.2 Å². The van der Waals surface area contributed by atoms with Gasteiger partial charge in [-0.3, -0.25) is 14.9 Å². The molecule has 3 rings (SSSR count). The van der Waals surface area contributed by atoms with E-state index in [1.807, 2.05) is 30.3 Å². The number of nitro benzene ring substituents is 1. The smallest absolute Gasteiger partial charge is 0.336 e. The Hall–Kier alpha value is -4.40. The normalized spacial score (nSPS) is 10.5. The highest BCUT2D eigenvalue weighted by Gasteiger charge is 2.11. The highest BCUT2D eigenvalue weighted by molar-refractivity contribution is 5.95. The number of benzene rings is 3. The SMILES string of the molecule is O=C(Cc1ccccc1)ONc1ccc(N=NC(=O)c2cccc([N+](=O)[O-])c2)cc1. The third-order valence-corrected chi connectivity index (χ3v) is 3.90. The van der Waals surface area contributed by atoms with E-state index >= 15 is 0 Å². The van der Waals surface area contributed by atoms with Gasteiger partial charge < -0.3 is 4.84 Å². The van der Waals surface area contributed by atoms with Crippen molar-refractivity contribution < 1.29 is 19.3 Å². The van der Waals surface area contributed by atoms with Crippen LogP contribution in [0.5, 0.6) is 0 Å². The van der Waals surface area contributed by atoms with Crippen molar-refractivity contribution in [2.24, 2.45) is 10.2 Å². The van der Waals surface area contributed by atoms with Gasteiger partial charge >= 0.3 is 5.97 Å². The number of azo groups is 1. The molecular formula is C21H16N4O5. The minimum absolute atomic E-state index is 0.0663. The lowest BCUT2D eigenvalue weighted by Crippen LogP contribution is -2.12. The number of hydrogen-bond donors (Lipinski definition) is 1. The third kappa shape index (κ3) is 5.80. The summed E-state index contributed by atoms with van der Waals surface area (Å²) in [5, 5.41) is 18.2. The molecule has 0 aliphatic rings. The largest absolute Gasteiger partial charge is 0.343 e. The molecule has 0 radical (unpaired) electrons. The first-order valence-electron chi connectivity index (χ1n) is 8.81. The van der Waals surface area contributed by atoms with Crippen LogP contribution in [-0.4, -0.2) is 16.8 Å². The minimum atomic E-state index is -0.698. The predicted molar refractivity (Wildman–Crippen MR) is 108 cm³/mol. The Balaban J connectivity index is 1.54. The molecule has 30 heavy (non-hydrogen) atoms. The second kappa shape index (κ2) is 9.69. The maximum Gasteiger partial charge on any atom is 0.336 e. The van der Waals surface area contributed by atoms with Crippen LogP contribution in [0.15, 0.2) is 89.1 Å². The van der Waals surface area contributed by atoms with Crippen LogP contribution in [0.25, 0.3) is 0 Å². The van der Waals surface area contributed by atoms with Crippen molar-refractivity contribution in [1.29, 1.82) is 0 Å². The Morgan fingerprint density at radius 1 is 0.967 bits per heavy atom. The van der Waals surface area contributed by atoms with Gasteiger partial charge in [-0.05, 0) is 35.9 Å². The van der Waals surface area contributed by atoms with E-state index < -0.39 is 16.8 Å². The average molecular weight is 404 g/mol. The van der Waals surface area contributed by atoms with E-state index in [1.54, 1.807) is 24.3 Å². The summed E-state index contributed by atoms with van der Waals surface area (Å²) >= 11 is 0. The van der Waals surface area contributed by atoms with E-state index in [-0.39, 0.29) is 17.7 Å². The van der Waals surface area contributed by atoms with Crippen molar-refractivity contribution in [1.82, 2.24) is 0 Å². The lowest BCUT2D eigenvalue weighted by molar-refractivity contribution is -0.384. The van der Waals surface area contributed by atoms with Crippen LogP contribution in [0.2, 0.25) is 0 Å². The Morgan fingerprint density at radius 2 is 1.70 bits per heavy atom. The first kappa shape index (κ1) is 20.3. The molecular weight excluding hydrogens is 388 g/mol. The van der Waals surface area contributed by atoms with E-state index in [9.17, 15) is 19.7 Å². The molecule has 9 nitrogen and oxygen atoms in total. The highest BCUT2D eigenvalue weighted by atomic mass is 16.7. The van der Waals surface area contributed by atoms with Crippen LogP contribution in [0.4, 0.5) is 17.1 Å². The van der Waals surface area contributed by atoms with E-state index in [2.05, 4.69) is 15.7 Å². The predicted octanol–water partition coefficient (Wildman–Crippen LogP) is 4.63. The van der Waals surface area contributed by atoms with Crippen molar-refractivity contribution in [3.05, 3.63) is 100 Å². The lowest BCUT2D eigenvalue weighted by atomic mass is 10.2. The molecule has 0 saturated heterocycles. The second-order valence-corrected chi connectivity index (χ2v) is 6.10. The van der Waals surface area contributed by atoms with Crippen LogP contribution in [0, 0.1) is 10.1 Å². The van der Waals surface area contributed by atoms with E-state index in [1.165, 1.54) is 18.2 Å². The van der Waals surface area contributed by atoms with Crippen molar-refractivity contribution in [3.63, 3.8) is 0 Å². The van der Waals surface area contributed by atoms with Gasteiger partial charge in [-0.1, -0.05) is 36.4 Å². The molecule has 0 aromatic heterocycles. The summed E-state index contributed by atoms with van der Waals surface area (Å²) in [4.78, 5) is 39.1. The quantitative estimate of drug-likeness (QED) is 0.348. The topological polar surface area (TPSA) is 123 Å². The summed E-state index contributed by atoms with van der Waals surface area (Å²) in [6, 6.07) is 20.8. The molecule has 1 amide bonds. The Morgan fingerprint density at radius 3 is 2.40 bits per heavy atom. The zero-order chi connectivity index (χ0) is 21.3. The lowest BCUT2D eigenvalue weighted by Gasteiger charge is -2.07. The zero-order valence-corrected chi connectivity index (χ0v) is 15.6. The van der Waals surface area contributed by atoms with Crippen LogP contribution in [0.1, 0.15) is 15.9 Å². The number of nitrogens with zero attached hydrogens (tertiary/aromatic N) is 3. The fourth-order valence-corrected chi connectivity index (χ4v) is 2.42. The molecule has 3 aromatic carbocycles. The Labute approximate surface area is 171 Å². The van der Waals surface area contributed by atoms with Crippen LogP contribution in [-0.2, 0) is 16.1 Å². The molecule has 0 aliphatic carbocycles. The summed E-state index contributed by atoms with van der Waals surface area (Å²) in [6.07, 6.45) is 0.139. The fraction of sp³-hybridized carbons (Fsp3) is 0.0476. The monoisotopic (exact) mass is 404 g/mol. The number of hydrogen-bond acceptors (Lipinski definition) is 7. The number of carbonyl (C=O) groups excluding carboxylic acids is 2. The summed E-state index contributed by atoms with van der Waals surface area (Å²) in [5.74, 6) is -1.14. The van der Waals surface area contributed by atoms with Gasteiger partial charge in [-0.25, -0.2) is 10.3 Å². The van der Waals surface area contributed by atoms with E-state index in [0.717, 1.165) is 11.6 Å². The molecule has 0 unspecified atom stereocenters. The van der Waals surface area contributed by atoms with Gasteiger partial charge in [0, 0.05) is 12.1 Å². The minimum Gasteiger partial charge on any atom is -0.343 e. The number of nitrogens with one attached hydrogen (secondary N) is 1. The molecule has 0 atom stereocenters. The Bertz CT molecular complexity index is 1080. The molecule has 0 bridgehead atoms. The number of anilines is 1. The molecule has 0 spiro atoms. The molecule has 0 saturated carbocycles. The second-order valence-electron chi connectivity index (χ2n) is 6.10. The molecule has 1 N–H and O–H groups in total. The highest BCUT2D eigenvalue weighted by Crippen LogP contribution is 2.18. The maximum absolute atomic E-state index is 12.0. The van der Waals surface area contributed by atoms with E-state index in [0.29, 0.717) is 11.4 Å². The zero-order valence-electron chi connectivity index (χ0n) is 15.6. The fourth-order valence-electron chi connectivity index (χ4n) is 2.42. The van der Waals surface area contributed by atoms with Gasteiger partial charge in [-0.2, -0.15) is 0 Å². The number of carbonyl (C=O) groups is 2. The average Bonchev–Trinajstić information content (AvgIpc) is 2.77. The van der Waals surface area contributed by atoms with Gasteiger partial charge in [0.1, 0.15) is 0 Å².